The van der Waals surface area contributed by atoms with Crippen LogP contribution in [0.2, 0.25) is 0 Å². The van der Waals surface area contributed by atoms with Crippen molar-refractivity contribution < 1.29 is 8.42 Å². The van der Waals surface area contributed by atoms with Crippen molar-refractivity contribution in [2.75, 3.05) is 19.6 Å². The summed E-state index contributed by atoms with van der Waals surface area (Å²) in [7, 11) is -3.55. The number of aryl methyl sites for hydroxylation is 1. The van der Waals surface area contributed by atoms with Crippen molar-refractivity contribution in [1.82, 2.24) is 14.6 Å². The maximum atomic E-state index is 12.7. The third-order valence-electron chi connectivity index (χ3n) is 4.95. The molecule has 1 atom stereocenters. The Bertz CT molecular complexity index is 836. The van der Waals surface area contributed by atoms with Crippen LogP contribution >= 0.6 is 0 Å². The van der Waals surface area contributed by atoms with Crippen molar-refractivity contribution in [1.29, 1.82) is 0 Å². The van der Waals surface area contributed by atoms with Crippen molar-refractivity contribution in [3.8, 4) is 0 Å². The van der Waals surface area contributed by atoms with Gasteiger partial charge in [-0.2, -0.15) is 0 Å². The molecule has 1 aromatic heterocycles. The van der Waals surface area contributed by atoms with Gasteiger partial charge in [0.25, 0.3) is 0 Å². The molecule has 5 nitrogen and oxygen atoms in total. The topological polar surface area (TPSA) is 62.3 Å². The molecule has 1 aliphatic heterocycles. The molecule has 0 bridgehead atoms. The standard InChI is InChI=1S/C19H27N3O2S/c1-15-13-17-8-5-9-18(19(17)20-14-15)25(23,24)21-10-6-12-22-11-4-3-7-16(22)2/h5,8-9,13-14,16,21H,3-4,6-7,10-12H2,1-2H3. The summed E-state index contributed by atoms with van der Waals surface area (Å²) < 4.78 is 28.1. The van der Waals surface area contributed by atoms with Gasteiger partial charge in [-0.25, -0.2) is 13.1 Å². The van der Waals surface area contributed by atoms with E-state index >= 15 is 0 Å². The van der Waals surface area contributed by atoms with Crippen LogP contribution in [0, 0.1) is 6.92 Å². The molecule has 136 valence electrons. The first-order valence-electron chi connectivity index (χ1n) is 9.06. The average Bonchev–Trinajstić information content (AvgIpc) is 2.59. The Hall–Kier alpha value is -1.50. The first kappa shape index (κ1) is 18.3. The van der Waals surface area contributed by atoms with E-state index in [-0.39, 0.29) is 4.90 Å². The molecule has 1 N–H and O–H groups in total. The number of hydrogen-bond acceptors (Lipinski definition) is 4. The highest BCUT2D eigenvalue weighted by molar-refractivity contribution is 7.89. The molecule has 1 aromatic carbocycles. The van der Waals surface area contributed by atoms with E-state index in [1.54, 1.807) is 18.3 Å². The van der Waals surface area contributed by atoms with Gasteiger partial charge in [-0.3, -0.25) is 4.98 Å². The van der Waals surface area contributed by atoms with E-state index in [1.807, 2.05) is 19.1 Å². The number of para-hydroxylation sites is 1. The van der Waals surface area contributed by atoms with Gasteiger partial charge in [-0.15, -0.1) is 0 Å². The summed E-state index contributed by atoms with van der Waals surface area (Å²) in [6, 6.07) is 7.86. The summed E-state index contributed by atoms with van der Waals surface area (Å²) in [5.74, 6) is 0. The van der Waals surface area contributed by atoms with Crippen molar-refractivity contribution in [2.45, 2.75) is 50.5 Å². The van der Waals surface area contributed by atoms with Crippen LogP contribution in [0.5, 0.6) is 0 Å². The van der Waals surface area contributed by atoms with Gasteiger partial charge < -0.3 is 4.90 Å². The van der Waals surface area contributed by atoms with Gasteiger partial charge in [0.2, 0.25) is 10.0 Å². The van der Waals surface area contributed by atoms with E-state index in [4.69, 9.17) is 0 Å². The number of hydrogen-bond donors (Lipinski definition) is 1. The van der Waals surface area contributed by atoms with Crippen LogP contribution in [-0.2, 0) is 10.0 Å². The van der Waals surface area contributed by atoms with Crippen molar-refractivity contribution in [2.24, 2.45) is 0 Å². The Morgan fingerprint density at radius 2 is 2.16 bits per heavy atom. The van der Waals surface area contributed by atoms with Gasteiger partial charge in [0.05, 0.1) is 5.52 Å². The molecular weight excluding hydrogens is 334 g/mol. The molecule has 6 heteroatoms. The minimum absolute atomic E-state index is 0.261. The van der Waals surface area contributed by atoms with Crippen LogP contribution in [0.1, 0.15) is 38.2 Å². The fourth-order valence-electron chi connectivity index (χ4n) is 3.52. The van der Waals surface area contributed by atoms with Crippen LogP contribution in [0.15, 0.2) is 35.4 Å². The van der Waals surface area contributed by atoms with Gasteiger partial charge in [-0.05, 0) is 63.9 Å². The molecule has 0 spiro atoms. The van der Waals surface area contributed by atoms with Gasteiger partial charge in [0.15, 0.2) is 0 Å². The van der Waals surface area contributed by atoms with E-state index in [0.29, 0.717) is 18.1 Å². The molecule has 3 rings (SSSR count). The maximum absolute atomic E-state index is 12.7. The monoisotopic (exact) mass is 361 g/mol. The highest BCUT2D eigenvalue weighted by Crippen LogP contribution is 2.21. The Labute approximate surface area is 150 Å². The molecule has 0 radical (unpaired) electrons. The summed E-state index contributed by atoms with van der Waals surface area (Å²) in [5.41, 5.74) is 1.55. The SMILES string of the molecule is Cc1cnc2c(S(=O)(=O)NCCCN3CCCCC3C)cccc2c1. The van der Waals surface area contributed by atoms with Gasteiger partial charge in [0.1, 0.15) is 4.90 Å². The van der Waals surface area contributed by atoms with Gasteiger partial charge in [0, 0.05) is 24.2 Å². The van der Waals surface area contributed by atoms with E-state index in [2.05, 4.69) is 21.5 Å². The number of likely N-dealkylation sites (tertiary alicyclic amines) is 1. The van der Waals surface area contributed by atoms with E-state index in [9.17, 15) is 8.42 Å². The number of rotatable bonds is 6. The Morgan fingerprint density at radius 1 is 1.32 bits per heavy atom. The number of aromatic nitrogens is 1. The fourth-order valence-corrected chi connectivity index (χ4v) is 4.77. The number of nitrogens with one attached hydrogen (secondary N) is 1. The highest BCUT2D eigenvalue weighted by Gasteiger charge is 2.20. The average molecular weight is 362 g/mol. The second-order valence-electron chi connectivity index (χ2n) is 6.97. The first-order valence-corrected chi connectivity index (χ1v) is 10.5. The number of nitrogens with zero attached hydrogens (tertiary/aromatic N) is 2. The van der Waals surface area contributed by atoms with Gasteiger partial charge in [-0.1, -0.05) is 18.6 Å². The highest BCUT2D eigenvalue weighted by atomic mass is 32.2. The van der Waals surface area contributed by atoms with Crippen LogP contribution in [0.4, 0.5) is 0 Å². The summed E-state index contributed by atoms with van der Waals surface area (Å²) >= 11 is 0. The number of benzene rings is 1. The molecule has 1 aliphatic rings. The zero-order valence-corrected chi connectivity index (χ0v) is 15.8. The molecule has 2 aromatic rings. The van der Waals surface area contributed by atoms with Crippen LogP contribution in [0.3, 0.4) is 0 Å². The zero-order chi connectivity index (χ0) is 17.9. The van der Waals surface area contributed by atoms with Crippen LogP contribution < -0.4 is 4.72 Å². The third-order valence-corrected chi connectivity index (χ3v) is 6.45. The first-order chi connectivity index (χ1) is 12.0. The molecule has 0 aliphatic carbocycles. The quantitative estimate of drug-likeness (QED) is 0.803. The molecule has 1 saturated heterocycles. The number of pyridine rings is 1. The van der Waals surface area contributed by atoms with E-state index in [0.717, 1.165) is 30.5 Å². The molecule has 2 heterocycles. The Morgan fingerprint density at radius 3 is 2.96 bits per heavy atom. The van der Waals surface area contributed by atoms with E-state index in [1.165, 1.54) is 19.3 Å². The minimum Gasteiger partial charge on any atom is -0.301 e. The zero-order valence-electron chi connectivity index (χ0n) is 15.0. The lowest BCUT2D eigenvalue weighted by atomic mass is 10.0. The summed E-state index contributed by atoms with van der Waals surface area (Å²) in [6.45, 7) is 6.73. The van der Waals surface area contributed by atoms with Crippen molar-refractivity contribution in [3.63, 3.8) is 0 Å². The van der Waals surface area contributed by atoms with Crippen LogP contribution in [-0.4, -0.2) is 44.0 Å². The summed E-state index contributed by atoms with van der Waals surface area (Å²) in [6.07, 6.45) is 6.32. The summed E-state index contributed by atoms with van der Waals surface area (Å²) in [4.78, 5) is 7.05. The molecule has 1 fully saturated rings. The lowest BCUT2D eigenvalue weighted by Gasteiger charge is -2.33. The molecular formula is C19H27N3O2S. The van der Waals surface area contributed by atoms with Crippen LogP contribution in [0.25, 0.3) is 10.9 Å². The predicted octanol–water partition coefficient (Wildman–Crippen LogP) is 3.09. The predicted molar refractivity (Wildman–Crippen MR) is 101 cm³/mol. The molecule has 25 heavy (non-hydrogen) atoms. The second kappa shape index (κ2) is 7.81. The van der Waals surface area contributed by atoms with Gasteiger partial charge >= 0.3 is 0 Å². The summed E-state index contributed by atoms with van der Waals surface area (Å²) in [5, 5.41) is 0.852. The Balaban J connectivity index is 1.64. The molecule has 1 unspecified atom stereocenters. The number of piperidine rings is 1. The maximum Gasteiger partial charge on any atom is 0.242 e. The largest absolute Gasteiger partial charge is 0.301 e. The second-order valence-corrected chi connectivity index (χ2v) is 8.71. The molecule has 0 amide bonds. The fraction of sp³-hybridized carbons (Fsp3) is 0.526. The van der Waals surface area contributed by atoms with Crippen molar-refractivity contribution >= 4 is 20.9 Å². The lowest BCUT2D eigenvalue weighted by molar-refractivity contribution is 0.159. The van der Waals surface area contributed by atoms with Crippen molar-refractivity contribution in [3.05, 3.63) is 36.0 Å². The lowest BCUT2D eigenvalue weighted by Crippen LogP contribution is -2.39. The minimum atomic E-state index is -3.55. The molecule has 0 saturated carbocycles. The smallest absolute Gasteiger partial charge is 0.242 e. The van der Waals surface area contributed by atoms with E-state index < -0.39 is 10.0 Å². The normalized spacial score (nSPS) is 19.4. The third kappa shape index (κ3) is 4.37. The Kier molecular flexibility index (Phi) is 5.71. The number of sulfonamides is 1. The number of fused-ring (bicyclic) bond motifs is 1.